The number of H-pyrrole nitrogens is 1. The van der Waals surface area contributed by atoms with Gasteiger partial charge in [0.15, 0.2) is 6.10 Å². The average molecular weight is 329 g/mol. The van der Waals surface area contributed by atoms with Gasteiger partial charge in [0.25, 0.3) is 11.5 Å². The van der Waals surface area contributed by atoms with Crippen molar-refractivity contribution in [2.75, 3.05) is 5.32 Å². The van der Waals surface area contributed by atoms with Gasteiger partial charge in [-0.1, -0.05) is 19.1 Å². The summed E-state index contributed by atoms with van der Waals surface area (Å²) in [5.41, 5.74) is 2.57. The van der Waals surface area contributed by atoms with E-state index in [2.05, 4.69) is 15.5 Å². The fourth-order valence-electron chi connectivity index (χ4n) is 2.25. The molecule has 1 aromatic carbocycles. The number of hydrogen-bond donors (Lipinski definition) is 2. The summed E-state index contributed by atoms with van der Waals surface area (Å²) in [6, 6.07) is 8.49. The Morgan fingerprint density at radius 2 is 1.96 bits per heavy atom. The molecule has 126 valence electrons. The van der Waals surface area contributed by atoms with Crippen LogP contribution in [0.15, 0.2) is 35.1 Å². The normalized spacial score (nSPS) is 11.6. The predicted molar refractivity (Wildman–Crippen MR) is 89.5 cm³/mol. The van der Waals surface area contributed by atoms with Crippen molar-refractivity contribution >= 4 is 17.6 Å². The van der Waals surface area contributed by atoms with Crippen LogP contribution < -0.4 is 10.9 Å². The molecule has 2 aromatic rings. The van der Waals surface area contributed by atoms with Crippen molar-refractivity contribution in [1.29, 1.82) is 0 Å². The molecule has 0 saturated carbocycles. The highest BCUT2D eigenvalue weighted by atomic mass is 16.5. The largest absolute Gasteiger partial charge is 0.452 e. The summed E-state index contributed by atoms with van der Waals surface area (Å²) in [5.74, 6) is -0.870. The fraction of sp³-hybridized carbons (Fsp3) is 0.294. The summed E-state index contributed by atoms with van der Waals surface area (Å²) in [4.78, 5) is 34.3. The lowest BCUT2D eigenvalue weighted by molar-refractivity contribution is -0.152. The van der Waals surface area contributed by atoms with E-state index in [0.29, 0.717) is 17.8 Å². The summed E-state index contributed by atoms with van der Waals surface area (Å²) in [6.07, 6.45) is -0.422. The second-order valence-corrected chi connectivity index (χ2v) is 5.34. The molecule has 0 aliphatic heterocycles. The molecule has 1 aromatic heterocycles. The average Bonchev–Trinajstić information content (AvgIpc) is 2.53. The minimum atomic E-state index is -0.815. The summed E-state index contributed by atoms with van der Waals surface area (Å²) in [5, 5.41) is 9.14. The van der Waals surface area contributed by atoms with Crippen molar-refractivity contribution in [3.63, 3.8) is 0 Å². The number of carbonyl (C=O) groups excluding carboxylic acids is 2. The molecule has 2 rings (SSSR count). The number of rotatable bonds is 5. The van der Waals surface area contributed by atoms with Crippen LogP contribution in [0.25, 0.3) is 11.3 Å². The van der Waals surface area contributed by atoms with Crippen molar-refractivity contribution in [3.8, 4) is 11.3 Å². The summed E-state index contributed by atoms with van der Waals surface area (Å²) < 4.78 is 4.96. The summed E-state index contributed by atoms with van der Waals surface area (Å²) in [7, 11) is 0. The zero-order valence-corrected chi connectivity index (χ0v) is 13.8. The molecule has 7 heteroatoms. The SMILES string of the molecule is CCC(OC(C)=O)C(=O)Nc1ccc(-c2n[nH]c(=O)cc2C)cc1. The van der Waals surface area contributed by atoms with Gasteiger partial charge in [0.05, 0.1) is 5.69 Å². The molecule has 1 atom stereocenters. The number of aryl methyl sites for hydroxylation is 1. The van der Waals surface area contributed by atoms with Crippen molar-refractivity contribution < 1.29 is 14.3 Å². The molecule has 0 aliphatic carbocycles. The zero-order valence-electron chi connectivity index (χ0n) is 13.8. The minimum absolute atomic E-state index is 0.254. The van der Waals surface area contributed by atoms with Crippen LogP contribution in [0.2, 0.25) is 0 Å². The monoisotopic (exact) mass is 329 g/mol. The van der Waals surface area contributed by atoms with Crippen LogP contribution >= 0.6 is 0 Å². The number of esters is 1. The molecule has 1 unspecified atom stereocenters. The van der Waals surface area contributed by atoms with Crippen LogP contribution in [0.1, 0.15) is 25.8 Å². The van der Waals surface area contributed by atoms with E-state index < -0.39 is 12.1 Å². The standard InChI is InChI=1S/C17H19N3O4/c1-4-14(24-11(3)21)17(23)18-13-7-5-12(6-8-13)16-10(2)9-15(22)19-20-16/h5-9,14H,4H2,1-3H3,(H,18,23)(H,19,22). The lowest BCUT2D eigenvalue weighted by Gasteiger charge is -2.15. The van der Waals surface area contributed by atoms with Gasteiger partial charge in [-0.2, -0.15) is 5.10 Å². The zero-order chi connectivity index (χ0) is 17.7. The van der Waals surface area contributed by atoms with E-state index in [-0.39, 0.29) is 11.5 Å². The van der Waals surface area contributed by atoms with Gasteiger partial charge < -0.3 is 10.1 Å². The molecule has 24 heavy (non-hydrogen) atoms. The Morgan fingerprint density at radius 3 is 2.50 bits per heavy atom. The molecule has 0 fully saturated rings. The van der Waals surface area contributed by atoms with Gasteiger partial charge in [-0.3, -0.25) is 14.4 Å². The maximum Gasteiger partial charge on any atom is 0.303 e. The second kappa shape index (κ2) is 7.54. The molecule has 0 aliphatic rings. The van der Waals surface area contributed by atoms with Crippen molar-refractivity contribution in [2.45, 2.75) is 33.3 Å². The van der Waals surface area contributed by atoms with Gasteiger partial charge in [-0.25, -0.2) is 5.10 Å². The Labute approximate surface area is 139 Å². The minimum Gasteiger partial charge on any atom is -0.452 e. The van der Waals surface area contributed by atoms with Gasteiger partial charge in [0.1, 0.15) is 0 Å². The van der Waals surface area contributed by atoms with Crippen LogP contribution in [-0.2, 0) is 14.3 Å². The van der Waals surface area contributed by atoms with E-state index in [9.17, 15) is 14.4 Å². The third-order valence-corrected chi connectivity index (χ3v) is 3.40. The number of anilines is 1. The smallest absolute Gasteiger partial charge is 0.303 e. The van der Waals surface area contributed by atoms with Gasteiger partial charge in [0, 0.05) is 24.2 Å². The molecule has 0 bridgehead atoms. The number of nitrogens with one attached hydrogen (secondary N) is 2. The first-order valence-electron chi connectivity index (χ1n) is 7.55. The van der Waals surface area contributed by atoms with E-state index in [1.165, 1.54) is 13.0 Å². The highest BCUT2D eigenvalue weighted by Gasteiger charge is 2.19. The predicted octanol–water partition coefficient (Wildman–Crippen LogP) is 2.03. The van der Waals surface area contributed by atoms with E-state index >= 15 is 0 Å². The first-order valence-corrected chi connectivity index (χ1v) is 7.55. The third-order valence-electron chi connectivity index (χ3n) is 3.40. The number of hydrogen-bond acceptors (Lipinski definition) is 5. The Bertz CT molecular complexity index is 796. The topological polar surface area (TPSA) is 101 Å². The summed E-state index contributed by atoms with van der Waals surface area (Å²) >= 11 is 0. The van der Waals surface area contributed by atoms with E-state index in [4.69, 9.17) is 4.74 Å². The fourth-order valence-corrected chi connectivity index (χ4v) is 2.25. The molecular weight excluding hydrogens is 310 g/mol. The lowest BCUT2D eigenvalue weighted by Crippen LogP contribution is -2.31. The molecule has 0 radical (unpaired) electrons. The van der Waals surface area contributed by atoms with Crippen LogP contribution in [0.5, 0.6) is 0 Å². The van der Waals surface area contributed by atoms with Crippen LogP contribution in [0.4, 0.5) is 5.69 Å². The molecule has 1 amide bonds. The Balaban J connectivity index is 2.13. The lowest BCUT2D eigenvalue weighted by atomic mass is 10.1. The van der Waals surface area contributed by atoms with E-state index in [0.717, 1.165) is 11.1 Å². The van der Waals surface area contributed by atoms with Gasteiger partial charge in [-0.15, -0.1) is 0 Å². The number of nitrogens with zero attached hydrogens (tertiary/aromatic N) is 1. The molecule has 1 heterocycles. The number of aromatic nitrogens is 2. The summed E-state index contributed by atoms with van der Waals surface area (Å²) in [6.45, 7) is 4.84. The maximum absolute atomic E-state index is 12.1. The number of amides is 1. The Morgan fingerprint density at radius 1 is 1.29 bits per heavy atom. The first-order chi connectivity index (χ1) is 11.4. The van der Waals surface area contributed by atoms with E-state index in [1.54, 1.807) is 38.1 Å². The number of carbonyl (C=O) groups is 2. The van der Waals surface area contributed by atoms with Crippen molar-refractivity contribution in [1.82, 2.24) is 10.2 Å². The Hall–Kier alpha value is -2.96. The van der Waals surface area contributed by atoms with Crippen LogP contribution in [0, 0.1) is 6.92 Å². The molecule has 0 saturated heterocycles. The first kappa shape index (κ1) is 17.4. The van der Waals surface area contributed by atoms with Gasteiger partial charge in [-0.05, 0) is 31.0 Å². The number of benzene rings is 1. The quantitative estimate of drug-likeness (QED) is 0.817. The third kappa shape index (κ3) is 4.28. The molecule has 0 spiro atoms. The maximum atomic E-state index is 12.1. The second-order valence-electron chi connectivity index (χ2n) is 5.34. The van der Waals surface area contributed by atoms with Crippen LogP contribution in [0.3, 0.4) is 0 Å². The highest BCUT2D eigenvalue weighted by Crippen LogP contribution is 2.21. The van der Waals surface area contributed by atoms with Crippen LogP contribution in [-0.4, -0.2) is 28.2 Å². The molecule has 2 N–H and O–H groups in total. The van der Waals surface area contributed by atoms with Gasteiger partial charge in [0.2, 0.25) is 0 Å². The van der Waals surface area contributed by atoms with Crippen molar-refractivity contribution in [2.24, 2.45) is 0 Å². The number of aromatic amines is 1. The highest BCUT2D eigenvalue weighted by molar-refractivity contribution is 5.95. The van der Waals surface area contributed by atoms with E-state index in [1.807, 2.05) is 0 Å². The Kier molecular flexibility index (Phi) is 5.47. The van der Waals surface area contributed by atoms with Crippen molar-refractivity contribution in [3.05, 3.63) is 46.2 Å². The van der Waals surface area contributed by atoms with Gasteiger partial charge >= 0.3 is 5.97 Å². The number of ether oxygens (including phenoxy) is 1. The molecular formula is C17H19N3O4. The molecule has 7 nitrogen and oxygen atoms in total.